The normalized spacial score (nSPS) is 10.0. The lowest BCUT2D eigenvalue weighted by molar-refractivity contribution is 0.235. The van der Waals surface area contributed by atoms with Crippen LogP contribution in [0.4, 0.5) is 17.3 Å². The van der Waals surface area contributed by atoms with E-state index >= 15 is 0 Å². The summed E-state index contributed by atoms with van der Waals surface area (Å²) in [6.07, 6.45) is 0. The monoisotopic (exact) mass is 417 g/mol. The Labute approximate surface area is 180 Å². The summed E-state index contributed by atoms with van der Waals surface area (Å²) in [6.45, 7) is -0.00403. The number of anilines is 3. The predicted octanol–water partition coefficient (Wildman–Crippen LogP) is 3.94. The van der Waals surface area contributed by atoms with E-state index in [2.05, 4.69) is 26.7 Å². The summed E-state index contributed by atoms with van der Waals surface area (Å²) in [5, 5.41) is 23.4. The van der Waals surface area contributed by atoms with Crippen molar-refractivity contribution in [1.29, 1.82) is 10.7 Å². The van der Waals surface area contributed by atoms with Crippen LogP contribution in [0.2, 0.25) is 0 Å². The van der Waals surface area contributed by atoms with Gasteiger partial charge in [-0.05, 0) is 36.4 Å². The fraction of sp³-hybridized carbons (Fsp3) is 0.182. The number of amidine groups is 1. The molecule has 3 aromatic rings. The second kappa shape index (κ2) is 9.93. The SMILES string of the molecule is CNc1nc(COC(=N)N(C)C)nc(Nc2ccc(Oc3ccccc3)cc2)c1C#N. The third kappa shape index (κ3) is 5.61. The molecule has 31 heavy (non-hydrogen) atoms. The third-order valence-corrected chi connectivity index (χ3v) is 4.14. The van der Waals surface area contributed by atoms with Crippen LogP contribution in [0.3, 0.4) is 0 Å². The fourth-order valence-electron chi connectivity index (χ4n) is 2.58. The first-order valence-corrected chi connectivity index (χ1v) is 9.47. The van der Waals surface area contributed by atoms with Crippen molar-refractivity contribution >= 4 is 23.3 Å². The van der Waals surface area contributed by atoms with Gasteiger partial charge in [0, 0.05) is 26.8 Å². The molecule has 9 nitrogen and oxygen atoms in total. The van der Waals surface area contributed by atoms with Gasteiger partial charge in [0.2, 0.25) is 0 Å². The number of benzene rings is 2. The summed E-state index contributed by atoms with van der Waals surface area (Å²) < 4.78 is 11.2. The van der Waals surface area contributed by atoms with Crippen LogP contribution < -0.4 is 15.4 Å². The molecule has 158 valence electrons. The number of aromatic nitrogens is 2. The van der Waals surface area contributed by atoms with E-state index in [-0.39, 0.29) is 18.2 Å². The molecule has 3 N–H and O–H groups in total. The van der Waals surface area contributed by atoms with Crippen molar-refractivity contribution in [2.75, 3.05) is 31.8 Å². The fourth-order valence-corrected chi connectivity index (χ4v) is 2.58. The van der Waals surface area contributed by atoms with Crippen molar-refractivity contribution in [3.8, 4) is 17.6 Å². The zero-order chi connectivity index (χ0) is 22.2. The minimum absolute atomic E-state index is 0.00403. The zero-order valence-corrected chi connectivity index (χ0v) is 17.5. The van der Waals surface area contributed by atoms with Crippen LogP contribution >= 0.6 is 0 Å². The van der Waals surface area contributed by atoms with Crippen LogP contribution in [0, 0.1) is 16.7 Å². The van der Waals surface area contributed by atoms with Gasteiger partial charge in [0.05, 0.1) is 0 Å². The van der Waals surface area contributed by atoms with Gasteiger partial charge in [0.1, 0.15) is 28.9 Å². The molecule has 3 rings (SSSR count). The van der Waals surface area contributed by atoms with E-state index in [0.717, 1.165) is 11.4 Å². The second-order valence-electron chi connectivity index (χ2n) is 6.63. The van der Waals surface area contributed by atoms with E-state index in [1.807, 2.05) is 54.6 Å². The number of rotatable bonds is 7. The minimum Gasteiger partial charge on any atom is -0.457 e. The van der Waals surface area contributed by atoms with Crippen molar-refractivity contribution in [3.05, 3.63) is 66.0 Å². The summed E-state index contributed by atoms with van der Waals surface area (Å²) in [4.78, 5) is 10.3. The van der Waals surface area contributed by atoms with Crippen molar-refractivity contribution < 1.29 is 9.47 Å². The van der Waals surface area contributed by atoms with Gasteiger partial charge in [0.25, 0.3) is 6.02 Å². The Morgan fingerprint density at radius 2 is 1.68 bits per heavy atom. The molecule has 1 aromatic heterocycles. The molecule has 0 atom stereocenters. The van der Waals surface area contributed by atoms with Crippen molar-refractivity contribution in [2.45, 2.75) is 6.61 Å². The number of hydrogen-bond acceptors (Lipinski definition) is 8. The molecule has 0 spiro atoms. The lowest BCUT2D eigenvalue weighted by Gasteiger charge is -2.15. The first-order valence-electron chi connectivity index (χ1n) is 9.47. The van der Waals surface area contributed by atoms with Gasteiger partial charge in [-0.2, -0.15) is 5.26 Å². The molecule has 0 radical (unpaired) electrons. The van der Waals surface area contributed by atoms with Crippen molar-refractivity contribution in [2.24, 2.45) is 0 Å². The Kier molecular flexibility index (Phi) is 6.85. The summed E-state index contributed by atoms with van der Waals surface area (Å²) in [6, 6.07) is 18.9. The van der Waals surface area contributed by atoms with Gasteiger partial charge < -0.3 is 25.0 Å². The van der Waals surface area contributed by atoms with Crippen molar-refractivity contribution in [3.63, 3.8) is 0 Å². The Hall–Kier alpha value is -4.32. The molecule has 0 saturated heterocycles. The van der Waals surface area contributed by atoms with Crippen LogP contribution in [0.25, 0.3) is 0 Å². The molecule has 0 amide bonds. The van der Waals surface area contributed by atoms with E-state index in [4.69, 9.17) is 14.9 Å². The Morgan fingerprint density at radius 3 is 2.29 bits per heavy atom. The Morgan fingerprint density at radius 1 is 1.03 bits per heavy atom. The molecule has 0 aliphatic rings. The lowest BCUT2D eigenvalue weighted by Crippen LogP contribution is -2.24. The molecule has 0 aliphatic carbocycles. The average molecular weight is 417 g/mol. The number of nitrogens with zero attached hydrogens (tertiary/aromatic N) is 4. The highest BCUT2D eigenvalue weighted by atomic mass is 16.5. The number of para-hydroxylation sites is 1. The van der Waals surface area contributed by atoms with Crippen LogP contribution in [0.15, 0.2) is 54.6 Å². The highest BCUT2D eigenvalue weighted by molar-refractivity contribution is 5.71. The van der Waals surface area contributed by atoms with Crippen LogP contribution in [0.5, 0.6) is 11.5 Å². The molecule has 1 heterocycles. The first-order chi connectivity index (χ1) is 15.0. The summed E-state index contributed by atoms with van der Waals surface area (Å²) in [5.74, 6) is 2.48. The smallest absolute Gasteiger partial charge is 0.284 e. The van der Waals surface area contributed by atoms with E-state index in [0.29, 0.717) is 23.2 Å². The maximum atomic E-state index is 9.60. The van der Waals surface area contributed by atoms with Crippen LogP contribution in [0.1, 0.15) is 11.4 Å². The standard InChI is InChI=1S/C22H23N7O2/c1-25-20-18(13-23)21(28-19(27-20)14-30-22(24)29(2)3)26-15-9-11-17(12-10-15)31-16-7-5-4-6-8-16/h4-12,24H,14H2,1-3H3,(H2,25,26,27,28). The molecular weight excluding hydrogens is 394 g/mol. The highest BCUT2D eigenvalue weighted by Crippen LogP contribution is 2.27. The van der Waals surface area contributed by atoms with E-state index < -0.39 is 0 Å². The first kappa shape index (κ1) is 21.4. The van der Waals surface area contributed by atoms with Crippen molar-refractivity contribution in [1.82, 2.24) is 14.9 Å². The molecule has 2 aromatic carbocycles. The predicted molar refractivity (Wildman–Crippen MR) is 119 cm³/mol. The zero-order valence-electron chi connectivity index (χ0n) is 17.5. The van der Waals surface area contributed by atoms with E-state index in [1.54, 1.807) is 21.1 Å². The number of nitrogens with one attached hydrogen (secondary N) is 3. The van der Waals surface area contributed by atoms with Crippen LogP contribution in [-0.4, -0.2) is 42.0 Å². The second-order valence-corrected chi connectivity index (χ2v) is 6.63. The Balaban J connectivity index is 1.79. The van der Waals surface area contributed by atoms with E-state index in [1.165, 1.54) is 4.90 Å². The third-order valence-electron chi connectivity index (χ3n) is 4.14. The van der Waals surface area contributed by atoms with Gasteiger partial charge in [0.15, 0.2) is 18.2 Å². The van der Waals surface area contributed by atoms with Gasteiger partial charge >= 0.3 is 0 Å². The maximum absolute atomic E-state index is 9.60. The number of hydrogen-bond donors (Lipinski definition) is 3. The molecule has 0 bridgehead atoms. The van der Waals surface area contributed by atoms with Gasteiger partial charge in [-0.1, -0.05) is 18.2 Å². The molecule has 0 aliphatic heterocycles. The molecule has 0 unspecified atom stereocenters. The largest absolute Gasteiger partial charge is 0.457 e. The van der Waals surface area contributed by atoms with Crippen LogP contribution in [-0.2, 0) is 11.3 Å². The highest BCUT2D eigenvalue weighted by Gasteiger charge is 2.15. The summed E-state index contributed by atoms with van der Waals surface area (Å²) in [7, 11) is 5.09. The lowest BCUT2D eigenvalue weighted by atomic mass is 10.2. The summed E-state index contributed by atoms with van der Waals surface area (Å²) >= 11 is 0. The minimum atomic E-state index is -0.0116. The Bertz CT molecular complexity index is 1080. The van der Waals surface area contributed by atoms with Gasteiger partial charge in [-0.15, -0.1) is 0 Å². The number of nitriles is 1. The molecule has 9 heteroatoms. The molecule has 0 fully saturated rings. The maximum Gasteiger partial charge on any atom is 0.284 e. The topological polar surface area (TPSA) is 119 Å². The summed E-state index contributed by atoms with van der Waals surface area (Å²) in [5.41, 5.74) is 1.00. The van der Waals surface area contributed by atoms with Gasteiger partial charge in [-0.3, -0.25) is 5.41 Å². The van der Waals surface area contributed by atoms with Gasteiger partial charge in [-0.25, -0.2) is 9.97 Å². The average Bonchev–Trinajstić information content (AvgIpc) is 2.79. The number of ether oxygens (including phenoxy) is 2. The molecule has 0 saturated carbocycles. The molecular formula is C22H23N7O2. The quantitative estimate of drug-likeness (QED) is 0.391. The van der Waals surface area contributed by atoms with E-state index in [9.17, 15) is 5.26 Å².